The molecule has 0 radical (unpaired) electrons. The summed E-state index contributed by atoms with van der Waals surface area (Å²) in [5.41, 5.74) is 0. The first kappa shape index (κ1) is 15.0. The summed E-state index contributed by atoms with van der Waals surface area (Å²) in [4.78, 5) is 12.8. The van der Waals surface area contributed by atoms with E-state index in [0.717, 1.165) is 42.5 Å². The van der Waals surface area contributed by atoms with Crippen molar-refractivity contribution < 1.29 is 0 Å². The van der Waals surface area contributed by atoms with Crippen LogP contribution in [0.5, 0.6) is 0 Å². The molecule has 110 valence electrons. The summed E-state index contributed by atoms with van der Waals surface area (Å²) >= 11 is 1.68. The van der Waals surface area contributed by atoms with Gasteiger partial charge in [0.25, 0.3) is 0 Å². The summed E-state index contributed by atoms with van der Waals surface area (Å²) in [6.45, 7) is 10.7. The quantitative estimate of drug-likeness (QED) is 0.832. The van der Waals surface area contributed by atoms with E-state index in [1.54, 1.807) is 11.3 Å². The maximum Gasteiger partial charge on any atom is 0.226 e. The Morgan fingerprint density at radius 1 is 1.30 bits per heavy atom. The average molecular weight is 292 g/mol. The molecule has 0 saturated heterocycles. The number of hydrogen-bond acceptors (Lipinski definition) is 5. The van der Waals surface area contributed by atoms with Crippen molar-refractivity contribution in [2.45, 2.75) is 46.6 Å². The Hall–Kier alpha value is -1.36. The summed E-state index contributed by atoms with van der Waals surface area (Å²) in [6.07, 6.45) is 2.19. The first-order chi connectivity index (χ1) is 9.71. The fourth-order valence-corrected chi connectivity index (χ4v) is 3.02. The van der Waals surface area contributed by atoms with E-state index in [9.17, 15) is 0 Å². The van der Waals surface area contributed by atoms with Gasteiger partial charge in [0.05, 0.1) is 5.39 Å². The molecule has 0 bridgehead atoms. The molecule has 2 aromatic rings. The second-order valence-corrected chi connectivity index (χ2v) is 5.87. The first-order valence-electron chi connectivity index (χ1n) is 7.46. The number of rotatable bonds is 7. The number of aromatic nitrogens is 2. The van der Waals surface area contributed by atoms with Gasteiger partial charge in [-0.2, -0.15) is 4.98 Å². The number of anilines is 2. The Morgan fingerprint density at radius 3 is 2.75 bits per heavy atom. The molecule has 2 aromatic heterocycles. The Labute approximate surface area is 125 Å². The van der Waals surface area contributed by atoms with E-state index in [2.05, 4.69) is 54.3 Å². The SMILES string of the molecule is CCCNc1nc(N(CC)C(C)CC)c2ccsc2n1. The van der Waals surface area contributed by atoms with Crippen LogP contribution in [-0.4, -0.2) is 29.1 Å². The van der Waals surface area contributed by atoms with Gasteiger partial charge in [-0.15, -0.1) is 11.3 Å². The minimum absolute atomic E-state index is 0.483. The normalized spacial score (nSPS) is 12.6. The second-order valence-electron chi connectivity index (χ2n) is 4.98. The molecule has 1 atom stereocenters. The monoisotopic (exact) mass is 292 g/mol. The summed E-state index contributed by atoms with van der Waals surface area (Å²) in [5, 5.41) is 6.57. The highest BCUT2D eigenvalue weighted by Crippen LogP contribution is 2.30. The third-order valence-corrected chi connectivity index (χ3v) is 4.38. The largest absolute Gasteiger partial charge is 0.354 e. The highest BCUT2D eigenvalue weighted by molar-refractivity contribution is 7.16. The molecule has 2 heterocycles. The predicted molar refractivity (Wildman–Crippen MR) is 89.0 cm³/mol. The Balaban J connectivity index is 2.45. The van der Waals surface area contributed by atoms with Gasteiger partial charge in [-0.3, -0.25) is 0 Å². The van der Waals surface area contributed by atoms with Crippen LogP contribution < -0.4 is 10.2 Å². The fourth-order valence-electron chi connectivity index (χ4n) is 2.27. The van der Waals surface area contributed by atoms with Crippen LogP contribution in [0, 0.1) is 0 Å². The molecule has 1 unspecified atom stereocenters. The molecule has 0 fully saturated rings. The molecular weight excluding hydrogens is 268 g/mol. The third-order valence-electron chi connectivity index (χ3n) is 3.57. The van der Waals surface area contributed by atoms with Gasteiger partial charge in [0.2, 0.25) is 5.95 Å². The van der Waals surface area contributed by atoms with Crippen molar-refractivity contribution in [1.29, 1.82) is 0 Å². The van der Waals surface area contributed by atoms with Crippen molar-refractivity contribution in [2.75, 3.05) is 23.3 Å². The molecule has 2 rings (SSSR count). The van der Waals surface area contributed by atoms with Crippen LogP contribution >= 0.6 is 11.3 Å². The third kappa shape index (κ3) is 3.03. The summed E-state index contributed by atoms with van der Waals surface area (Å²) in [5.74, 6) is 1.81. The number of nitrogens with one attached hydrogen (secondary N) is 1. The summed E-state index contributed by atoms with van der Waals surface area (Å²) in [7, 11) is 0. The van der Waals surface area contributed by atoms with Gasteiger partial charge in [0, 0.05) is 19.1 Å². The van der Waals surface area contributed by atoms with Gasteiger partial charge in [0.1, 0.15) is 10.6 Å². The molecule has 0 aliphatic rings. The Kier molecular flexibility index (Phi) is 5.17. The molecule has 0 aliphatic heterocycles. The molecular formula is C15H24N4S. The van der Waals surface area contributed by atoms with Crippen LogP contribution in [0.4, 0.5) is 11.8 Å². The van der Waals surface area contributed by atoms with E-state index in [-0.39, 0.29) is 0 Å². The zero-order chi connectivity index (χ0) is 14.5. The van der Waals surface area contributed by atoms with Crippen molar-refractivity contribution in [3.63, 3.8) is 0 Å². The van der Waals surface area contributed by atoms with Gasteiger partial charge >= 0.3 is 0 Å². The molecule has 1 N–H and O–H groups in total. The van der Waals surface area contributed by atoms with Crippen LogP contribution in [0.3, 0.4) is 0 Å². The Morgan fingerprint density at radius 2 is 2.10 bits per heavy atom. The minimum Gasteiger partial charge on any atom is -0.354 e. The van der Waals surface area contributed by atoms with Gasteiger partial charge in [-0.1, -0.05) is 13.8 Å². The minimum atomic E-state index is 0.483. The van der Waals surface area contributed by atoms with E-state index in [0.29, 0.717) is 6.04 Å². The van der Waals surface area contributed by atoms with Gasteiger partial charge in [0.15, 0.2) is 0 Å². The van der Waals surface area contributed by atoms with Crippen LogP contribution in [0.15, 0.2) is 11.4 Å². The Bertz CT molecular complexity index is 552. The summed E-state index contributed by atoms with van der Waals surface area (Å²) in [6, 6.07) is 2.61. The number of hydrogen-bond donors (Lipinski definition) is 1. The lowest BCUT2D eigenvalue weighted by Gasteiger charge is -2.29. The first-order valence-corrected chi connectivity index (χ1v) is 8.34. The lowest BCUT2D eigenvalue weighted by Crippen LogP contribution is -2.33. The van der Waals surface area contributed by atoms with Crippen molar-refractivity contribution in [3.05, 3.63) is 11.4 Å². The van der Waals surface area contributed by atoms with Crippen molar-refractivity contribution >= 4 is 33.3 Å². The second kappa shape index (κ2) is 6.88. The van der Waals surface area contributed by atoms with E-state index in [1.165, 1.54) is 5.39 Å². The van der Waals surface area contributed by atoms with Crippen LogP contribution in [0.25, 0.3) is 10.2 Å². The molecule has 0 aromatic carbocycles. The standard InChI is InChI=1S/C15H24N4S/c1-5-9-16-15-17-13(19(7-3)11(4)6-2)12-8-10-20-14(12)18-15/h8,10-11H,5-7,9H2,1-4H3,(H,16,17,18). The zero-order valence-electron chi connectivity index (χ0n) is 12.8. The molecule has 20 heavy (non-hydrogen) atoms. The molecule has 0 aliphatic carbocycles. The van der Waals surface area contributed by atoms with E-state index < -0.39 is 0 Å². The number of thiophene rings is 1. The lowest BCUT2D eigenvalue weighted by atomic mass is 10.2. The fraction of sp³-hybridized carbons (Fsp3) is 0.600. The van der Waals surface area contributed by atoms with Crippen molar-refractivity contribution in [3.8, 4) is 0 Å². The number of fused-ring (bicyclic) bond motifs is 1. The highest BCUT2D eigenvalue weighted by Gasteiger charge is 2.17. The topological polar surface area (TPSA) is 41.1 Å². The van der Waals surface area contributed by atoms with Gasteiger partial charge in [-0.25, -0.2) is 4.98 Å². The maximum atomic E-state index is 4.76. The van der Waals surface area contributed by atoms with Crippen molar-refractivity contribution in [1.82, 2.24) is 9.97 Å². The molecule has 4 nitrogen and oxygen atoms in total. The number of nitrogens with zero attached hydrogens (tertiary/aromatic N) is 3. The van der Waals surface area contributed by atoms with Gasteiger partial charge in [-0.05, 0) is 38.1 Å². The smallest absolute Gasteiger partial charge is 0.226 e. The highest BCUT2D eigenvalue weighted by atomic mass is 32.1. The van der Waals surface area contributed by atoms with Crippen LogP contribution in [-0.2, 0) is 0 Å². The average Bonchev–Trinajstić information content (AvgIpc) is 2.93. The molecule has 0 amide bonds. The molecule has 0 spiro atoms. The van der Waals surface area contributed by atoms with Crippen LogP contribution in [0.1, 0.15) is 40.5 Å². The van der Waals surface area contributed by atoms with Gasteiger partial charge < -0.3 is 10.2 Å². The zero-order valence-corrected chi connectivity index (χ0v) is 13.6. The maximum absolute atomic E-state index is 4.76. The molecule has 5 heteroatoms. The van der Waals surface area contributed by atoms with E-state index in [4.69, 9.17) is 4.98 Å². The molecule has 0 saturated carbocycles. The van der Waals surface area contributed by atoms with E-state index in [1.807, 2.05) is 0 Å². The predicted octanol–water partition coefficient (Wildman–Crippen LogP) is 4.14. The van der Waals surface area contributed by atoms with Crippen LogP contribution in [0.2, 0.25) is 0 Å². The van der Waals surface area contributed by atoms with E-state index >= 15 is 0 Å². The summed E-state index contributed by atoms with van der Waals surface area (Å²) < 4.78 is 0. The van der Waals surface area contributed by atoms with Crippen molar-refractivity contribution in [2.24, 2.45) is 0 Å². The lowest BCUT2D eigenvalue weighted by molar-refractivity contribution is 0.625.